The van der Waals surface area contributed by atoms with Gasteiger partial charge in [-0.2, -0.15) is 0 Å². The number of hydrogen-bond acceptors (Lipinski definition) is 3. The summed E-state index contributed by atoms with van der Waals surface area (Å²) in [6.45, 7) is -1.08. The molecule has 1 rings (SSSR count). The van der Waals surface area contributed by atoms with E-state index in [2.05, 4.69) is 0 Å². The molecular formula is C6H7FN2O3S. The number of carbonyl (C=O) groups excluding carboxylic acids is 2. The first-order valence-electron chi connectivity index (χ1n) is 3.41. The van der Waals surface area contributed by atoms with Crippen molar-refractivity contribution in [2.45, 2.75) is 6.42 Å². The van der Waals surface area contributed by atoms with Crippen molar-refractivity contribution in [3.63, 3.8) is 0 Å². The highest BCUT2D eigenvalue weighted by molar-refractivity contribution is 7.66. The molecular weight excluding hydrogens is 199 g/mol. The van der Waals surface area contributed by atoms with Crippen LogP contribution in [-0.4, -0.2) is 44.8 Å². The minimum absolute atomic E-state index is 0.0691. The maximum Gasteiger partial charge on any atom is 0.240 e. The summed E-state index contributed by atoms with van der Waals surface area (Å²) in [7, 11) is 1.33. The summed E-state index contributed by atoms with van der Waals surface area (Å²) in [5.41, 5.74) is 0. The molecule has 0 aromatic carbocycles. The second-order valence-corrected chi connectivity index (χ2v) is 2.97. The van der Waals surface area contributed by atoms with Crippen LogP contribution in [0.5, 0.6) is 0 Å². The highest BCUT2D eigenvalue weighted by atomic mass is 32.1. The molecule has 1 saturated heterocycles. The van der Waals surface area contributed by atoms with E-state index >= 15 is 0 Å². The average molecular weight is 206 g/mol. The Bertz CT molecular complexity index is 313. The molecule has 0 aromatic rings. The van der Waals surface area contributed by atoms with Gasteiger partial charge in [0.15, 0.2) is 6.80 Å². The average Bonchev–Trinajstić information content (AvgIpc) is 2.10. The molecule has 0 bridgehead atoms. The molecule has 0 spiro atoms. The van der Waals surface area contributed by atoms with Crippen LogP contribution in [0.3, 0.4) is 0 Å². The minimum Gasteiger partial charge on any atom is -0.290 e. The molecule has 7 heteroatoms. The number of nitrogens with zero attached hydrogens (tertiary/aromatic N) is 2. The monoisotopic (exact) mass is 206 g/mol. The molecule has 1 heterocycles. The number of amides is 2. The lowest BCUT2D eigenvalue weighted by Crippen LogP contribution is -2.53. The quantitative estimate of drug-likeness (QED) is 0.311. The summed E-state index contributed by atoms with van der Waals surface area (Å²) >= 11 is -0.0691. The molecule has 0 atom stereocenters. The van der Waals surface area contributed by atoms with Crippen molar-refractivity contribution in [1.82, 2.24) is 9.80 Å². The van der Waals surface area contributed by atoms with Gasteiger partial charge in [0, 0.05) is 7.05 Å². The first-order valence-corrected chi connectivity index (χ1v) is 4.15. The van der Waals surface area contributed by atoms with Crippen LogP contribution in [0.15, 0.2) is 0 Å². The lowest BCUT2D eigenvalue weighted by atomic mass is 10.3. The van der Waals surface area contributed by atoms with E-state index in [9.17, 15) is 18.2 Å². The molecule has 1 aliphatic heterocycles. The van der Waals surface area contributed by atoms with Gasteiger partial charge < -0.3 is 0 Å². The van der Waals surface area contributed by atoms with Crippen LogP contribution in [0.1, 0.15) is 6.42 Å². The maximum absolute atomic E-state index is 12.3. The molecule has 1 aliphatic rings. The fourth-order valence-corrected chi connectivity index (χ4v) is 1.41. The van der Waals surface area contributed by atoms with Gasteiger partial charge in [0.05, 0.1) is 0 Å². The summed E-state index contributed by atoms with van der Waals surface area (Å²) in [5.74, 6) is -1.17. The Labute approximate surface area is 77.2 Å². The Kier molecular flexibility index (Phi) is 2.76. The summed E-state index contributed by atoms with van der Waals surface area (Å²) in [4.78, 5) is 23.7. The van der Waals surface area contributed by atoms with Crippen LogP contribution in [0.25, 0.3) is 0 Å². The summed E-state index contributed by atoms with van der Waals surface area (Å²) in [6, 6.07) is 0. The topological polar surface area (TPSA) is 57.7 Å². The molecule has 2 amide bonds. The Morgan fingerprint density at radius 1 is 1.46 bits per heavy atom. The van der Waals surface area contributed by atoms with Crippen molar-refractivity contribution < 1.29 is 18.2 Å². The van der Waals surface area contributed by atoms with E-state index in [1.807, 2.05) is 0 Å². The standard InChI is InChI=1S/C6H7FN2O3S/c1-8-4(10)2-5(11)9(3-7)6(8)13-12/h2-3H2,1H3. The van der Waals surface area contributed by atoms with Gasteiger partial charge in [-0.1, -0.05) is 0 Å². The zero-order valence-corrected chi connectivity index (χ0v) is 7.64. The maximum atomic E-state index is 12.3. The minimum atomic E-state index is -1.08. The van der Waals surface area contributed by atoms with E-state index < -0.39 is 18.6 Å². The van der Waals surface area contributed by atoms with E-state index in [-0.39, 0.29) is 22.8 Å². The van der Waals surface area contributed by atoms with Gasteiger partial charge in [-0.15, -0.1) is 0 Å². The van der Waals surface area contributed by atoms with Gasteiger partial charge in [-0.05, 0) is 0 Å². The Morgan fingerprint density at radius 3 is 2.54 bits per heavy atom. The molecule has 0 aromatic heterocycles. The third-order valence-corrected chi connectivity index (χ3v) is 2.33. The van der Waals surface area contributed by atoms with Crippen LogP contribution in [0.2, 0.25) is 0 Å². The number of carbonyl (C=O) groups is 2. The van der Waals surface area contributed by atoms with E-state index in [1.165, 1.54) is 7.05 Å². The highest BCUT2D eigenvalue weighted by Gasteiger charge is 2.33. The zero-order valence-electron chi connectivity index (χ0n) is 6.82. The SMILES string of the molecule is CN1C(=O)CC(=O)N(CF)C1=S=O. The van der Waals surface area contributed by atoms with Gasteiger partial charge in [-0.3, -0.25) is 19.4 Å². The van der Waals surface area contributed by atoms with Crippen molar-refractivity contribution in [2.24, 2.45) is 0 Å². The van der Waals surface area contributed by atoms with E-state index in [0.717, 1.165) is 4.90 Å². The zero-order chi connectivity index (χ0) is 10.0. The Hall–Kier alpha value is -1.24. The molecule has 1 fully saturated rings. The van der Waals surface area contributed by atoms with Crippen LogP contribution in [0.4, 0.5) is 4.39 Å². The van der Waals surface area contributed by atoms with Crippen LogP contribution < -0.4 is 0 Å². The largest absolute Gasteiger partial charge is 0.290 e. The Morgan fingerprint density at radius 2 is 2.08 bits per heavy atom. The number of rotatable bonds is 1. The second-order valence-electron chi connectivity index (χ2n) is 2.44. The fourth-order valence-electron chi connectivity index (χ4n) is 0.956. The van der Waals surface area contributed by atoms with Crippen molar-refractivity contribution in [2.75, 3.05) is 13.8 Å². The number of hydrogen-bond donors (Lipinski definition) is 0. The van der Waals surface area contributed by atoms with Crippen LogP contribution in [-0.2, 0) is 20.8 Å². The van der Waals surface area contributed by atoms with Gasteiger partial charge in [-0.25, -0.2) is 8.60 Å². The molecule has 0 aliphatic carbocycles. The fraction of sp³-hybridized carbons (Fsp3) is 0.500. The molecule has 0 unspecified atom stereocenters. The molecule has 0 radical (unpaired) electrons. The van der Waals surface area contributed by atoms with Crippen molar-refractivity contribution in [1.29, 1.82) is 0 Å². The summed E-state index contributed by atoms with van der Waals surface area (Å²) < 4.78 is 22.7. The van der Waals surface area contributed by atoms with E-state index in [0.29, 0.717) is 4.90 Å². The third-order valence-electron chi connectivity index (χ3n) is 1.69. The third kappa shape index (κ3) is 1.59. The van der Waals surface area contributed by atoms with Gasteiger partial charge >= 0.3 is 0 Å². The van der Waals surface area contributed by atoms with Crippen molar-refractivity contribution in [3.8, 4) is 0 Å². The molecule has 0 N–H and O–H groups in total. The predicted octanol–water partition coefficient (Wildman–Crippen LogP) is -1.10. The van der Waals surface area contributed by atoms with Crippen molar-refractivity contribution in [3.05, 3.63) is 0 Å². The highest BCUT2D eigenvalue weighted by Crippen LogP contribution is 2.08. The summed E-state index contributed by atoms with van der Waals surface area (Å²) in [5, 5.41) is -0.205. The van der Waals surface area contributed by atoms with E-state index in [1.54, 1.807) is 0 Å². The predicted molar refractivity (Wildman–Crippen MR) is 43.4 cm³/mol. The molecule has 5 nitrogen and oxygen atoms in total. The summed E-state index contributed by atoms with van der Waals surface area (Å²) in [6.07, 6.45) is -0.384. The van der Waals surface area contributed by atoms with Gasteiger partial charge in [0.2, 0.25) is 16.9 Å². The number of halogens is 1. The Balaban J connectivity index is 3.05. The lowest BCUT2D eigenvalue weighted by molar-refractivity contribution is -0.140. The van der Waals surface area contributed by atoms with Crippen LogP contribution >= 0.6 is 0 Å². The van der Waals surface area contributed by atoms with E-state index in [4.69, 9.17) is 0 Å². The first-order chi connectivity index (χ1) is 6.11. The van der Waals surface area contributed by atoms with Crippen LogP contribution in [0, 0.1) is 0 Å². The second kappa shape index (κ2) is 3.65. The molecule has 13 heavy (non-hydrogen) atoms. The van der Waals surface area contributed by atoms with Gasteiger partial charge in [0.1, 0.15) is 17.7 Å². The number of alkyl halides is 1. The smallest absolute Gasteiger partial charge is 0.240 e. The first kappa shape index (κ1) is 9.85. The van der Waals surface area contributed by atoms with Crippen molar-refractivity contribution >= 4 is 28.2 Å². The molecule has 72 valence electrons. The van der Waals surface area contributed by atoms with Gasteiger partial charge in [0.25, 0.3) is 0 Å². The molecule has 0 saturated carbocycles. The normalized spacial score (nSPS) is 18.2. The lowest BCUT2D eigenvalue weighted by Gasteiger charge is -2.30.